The molecule has 8 nitrogen and oxygen atoms in total. The largest absolute Gasteiger partial charge is 0.507 e. The summed E-state index contributed by atoms with van der Waals surface area (Å²) in [5.41, 5.74) is 1.66. The minimum Gasteiger partial charge on any atom is -0.507 e. The molecule has 1 atom stereocenters. The number of anilines is 1. The topological polar surface area (TPSA) is 113 Å². The van der Waals surface area contributed by atoms with E-state index < -0.39 is 23.7 Å². The Morgan fingerprint density at radius 1 is 0.914 bits per heavy atom. The third-order valence-corrected chi connectivity index (χ3v) is 5.79. The van der Waals surface area contributed by atoms with Gasteiger partial charge >= 0.3 is 5.97 Å². The van der Waals surface area contributed by atoms with Gasteiger partial charge in [-0.3, -0.25) is 19.3 Å². The Bertz CT molecular complexity index is 1330. The van der Waals surface area contributed by atoms with E-state index in [0.29, 0.717) is 28.3 Å². The Balaban J connectivity index is 1.92. The number of aliphatic hydroxyl groups excluding tert-OH is 1. The van der Waals surface area contributed by atoms with Crippen LogP contribution >= 0.6 is 0 Å². The average Bonchev–Trinajstić information content (AvgIpc) is 3.14. The summed E-state index contributed by atoms with van der Waals surface area (Å²) in [5, 5.41) is 20.3. The zero-order chi connectivity index (χ0) is 25.1. The van der Waals surface area contributed by atoms with Crippen LogP contribution in [0.4, 0.5) is 5.69 Å². The second kappa shape index (κ2) is 9.72. The zero-order valence-electron chi connectivity index (χ0n) is 19.1. The second-order valence-corrected chi connectivity index (χ2v) is 7.88. The summed E-state index contributed by atoms with van der Waals surface area (Å²) in [4.78, 5) is 38.9. The Kier molecular flexibility index (Phi) is 6.55. The van der Waals surface area contributed by atoms with E-state index in [1.165, 1.54) is 19.1 Å². The molecule has 1 fully saturated rings. The zero-order valence-corrected chi connectivity index (χ0v) is 19.1. The van der Waals surface area contributed by atoms with Gasteiger partial charge in [0.05, 0.1) is 37.8 Å². The van der Waals surface area contributed by atoms with E-state index in [9.17, 15) is 19.5 Å². The van der Waals surface area contributed by atoms with Crippen molar-refractivity contribution in [3.8, 4) is 11.5 Å². The van der Waals surface area contributed by atoms with Gasteiger partial charge < -0.3 is 19.7 Å². The molecule has 1 unspecified atom stereocenters. The van der Waals surface area contributed by atoms with E-state index in [0.717, 1.165) is 0 Å². The van der Waals surface area contributed by atoms with Crippen molar-refractivity contribution in [2.45, 2.75) is 12.5 Å². The van der Waals surface area contributed by atoms with Gasteiger partial charge in [0.1, 0.15) is 17.3 Å². The maximum absolute atomic E-state index is 13.3. The fourth-order valence-corrected chi connectivity index (χ4v) is 4.16. The van der Waals surface area contributed by atoms with Crippen molar-refractivity contribution in [3.63, 3.8) is 0 Å². The second-order valence-electron chi connectivity index (χ2n) is 7.88. The van der Waals surface area contributed by atoms with Crippen molar-refractivity contribution in [2.24, 2.45) is 0 Å². The molecule has 0 bridgehead atoms. The number of carboxylic acids is 1. The standard InChI is InChI=1S/C27H23NO7/c1-34-19-7-5-6-17(15-19)24-23(25(31)20-8-3-4-9-21(20)35-2)26(32)27(33)28(24)18-12-10-16(11-13-18)14-22(29)30/h3-13,15,24,31H,14H2,1-2H3,(H,29,30)/b25-23-. The van der Waals surface area contributed by atoms with Crippen LogP contribution in [0.5, 0.6) is 11.5 Å². The molecule has 1 aliphatic heterocycles. The maximum Gasteiger partial charge on any atom is 0.307 e. The number of nitrogens with zero attached hydrogens (tertiary/aromatic N) is 1. The smallest absolute Gasteiger partial charge is 0.307 e. The average molecular weight is 473 g/mol. The lowest BCUT2D eigenvalue weighted by Crippen LogP contribution is -2.29. The number of ketones is 1. The highest BCUT2D eigenvalue weighted by atomic mass is 16.5. The quantitative estimate of drug-likeness (QED) is 0.303. The van der Waals surface area contributed by atoms with Crippen LogP contribution in [0.3, 0.4) is 0 Å². The summed E-state index contributed by atoms with van der Waals surface area (Å²) in [5.74, 6) is -2.15. The first-order valence-corrected chi connectivity index (χ1v) is 10.7. The van der Waals surface area contributed by atoms with Crippen LogP contribution < -0.4 is 14.4 Å². The molecule has 3 aromatic carbocycles. The van der Waals surface area contributed by atoms with E-state index in [1.807, 2.05) is 0 Å². The third kappa shape index (κ3) is 4.46. The van der Waals surface area contributed by atoms with Crippen molar-refractivity contribution in [3.05, 3.63) is 95.1 Å². The van der Waals surface area contributed by atoms with Gasteiger partial charge in [-0.1, -0.05) is 36.4 Å². The molecule has 0 saturated carbocycles. The molecule has 1 saturated heterocycles. The van der Waals surface area contributed by atoms with Crippen molar-refractivity contribution < 1.29 is 34.1 Å². The number of benzene rings is 3. The van der Waals surface area contributed by atoms with E-state index >= 15 is 0 Å². The van der Waals surface area contributed by atoms with Gasteiger partial charge in [0.25, 0.3) is 11.7 Å². The number of rotatable bonds is 7. The van der Waals surface area contributed by atoms with Gasteiger partial charge in [-0.05, 0) is 47.5 Å². The van der Waals surface area contributed by atoms with Crippen LogP contribution in [0.2, 0.25) is 0 Å². The minimum atomic E-state index is -0.980. The lowest BCUT2D eigenvalue weighted by Gasteiger charge is -2.26. The highest BCUT2D eigenvalue weighted by molar-refractivity contribution is 6.51. The molecule has 3 aromatic rings. The fourth-order valence-electron chi connectivity index (χ4n) is 4.16. The van der Waals surface area contributed by atoms with E-state index in [2.05, 4.69) is 0 Å². The Morgan fingerprint density at radius 2 is 1.63 bits per heavy atom. The summed E-state index contributed by atoms with van der Waals surface area (Å²) in [7, 11) is 2.95. The predicted molar refractivity (Wildman–Crippen MR) is 129 cm³/mol. The van der Waals surface area contributed by atoms with E-state index in [-0.39, 0.29) is 23.3 Å². The SMILES string of the molecule is COc1cccc(C2/C(=C(/O)c3ccccc3OC)C(=O)C(=O)N2c2ccc(CC(=O)O)cc2)c1. The van der Waals surface area contributed by atoms with Gasteiger partial charge in [-0.25, -0.2) is 0 Å². The number of aliphatic hydroxyl groups is 1. The number of carbonyl (C=O) groups excluding carboxylic acids is 2. The lowest BCUT2D eigenvalue weighted by molar-refractivity contribution is -0.136. The molecular weight excluding hydrogens is 450 g/mol. The van der Waals surface area contributed by atoms with Gasteiger partial charge in [-0.15, -0.1) is 0 Å². The number of para-hydroxylation sites is 1. The van der Waals surface area contributed by atoms with Gasteiger partial charge in [-0.2, -0.15) is 0 Å². The number of carbonyl (C=O) groups is 3. The molecule has 35 heavy (non-hydrogen) atoms. The van der Waals surface area contributed by atoms with Crippen LogP contribution in [0.25, 0.3) is 5.76 Å². The number of Topliss-reactive ketones (excluding diaryl/α,β-unsaturated/α-hetero) is 1. The van der Waals surface area contributed by atoms with Crippen LogP contribution in [0.1, 0.15) is 22.7 Å². The first-order chi connectivity index (χ1) is 16.8. The Morgan fingerprint density at radius 3 is 2.29 bits per heavy atom. The first-order valence-electron chi connectivity index (χ1n) is 10.7. The number of ether oxygens (including phenoxy) is 2. The Labute approximate surface area is 201 Å². The molecule has 4 rings (SSSR count). The highest BCUT2D eigenvalue weighted by Crippen LogP contribution is 2.43. The molecule has 0 spiro atoms. The number of amides is 1. The molecule has 0 aliphatic carbocycles. The molecule has 1 aliphatic rings. The Hall–Kier alpha value is -4.59. The monoisotopic (exact) mass is 473 g/mol. The summed E-state index contributed by atoms with van der Waals surface area (Å²) in [6.07, 6.45) is -0.174. The molecule has 1 amide bonds. The van der Waals surface area contributed by atoms with Crippen molar-refractivity contribution in [1.82, 2.24) is 0 Å². The molecular formula is C27H23NO7. The van der Waals surface area contributed by atoms with Crippen molar-refractivity contribution >= 4 is 29.1 Å². The van der Waals surface area contributed by atoms with Crippen LogP contribution in [0.15, 0.2) is 78.4 Å². The van der Waals surface area contributed by atoms with Crippen LogP contribution in [-0.2, 0) is 20.8 Å². The van der Waals surface area contributed by atoms with E-state index in [1.54, 1.807) is 72.8 Å². The summed E-state index contributed by atoms with van der Waals surface area (Å²) >= 11 is 0. The fraction of sp³-hybridized carbons (Fsp3) is 0.148. The predicted octanol–water partition coefficient (Wildman–Crippen LogP) is 3.96. The van der Waals surface area contributed by atoms with Gasteiger partial charge in [0.2, 0.25) is 0 Å². The third-order valence-electron chi connectivity index (χ3n) is 5.79. The molecule has 178 valence electrons. The van der Waals surface area contributed by atoms with Crippen molar-refractivity contribution in [2.75, 3.05) is 19.1 Å². The number of aliphatic carboxylic acids is 1. The number of hydrogen-bond acceptors (Lipinski definition) is 6. The van der Waals surface area contributed by atoms with Gasteiger partial charge in [0.15, 0.2) is 0 Å². The number of methoxy groups -OCH3 is 2. The lowest BCUT2D eigenvalue weighted by atomic mass is 9.94. The summed E-state index contributed by atoms with van der Waals surface area (Å²) in [6, 6.07) is 18.9. The summed E-state index contributed by atoms with van der Waals surface area (Å²) in [6.45, 7) is 0. The minimum absolute atomic E-state index is 0.0950. The van der Waals surface area contributed by atoms with Crippen molar-refractivity contribution in [1.29, 1.82) is 0 Å². The van der Waals surface area contributed by atoms with E-state index in [4.69, 9.17) is 14.6 Å². The summed E-state index contributed by atoms with van der Waals surface area (Å²) < 4.78 is 10.7. The normalized spacial score (nSPS) is 16.9. The number of carboxylic acid groups (broad SMARTS) is 1. The molecule has 2 N–H and O–H groups in total. The van der Waals surface area contributed by atoms with Gasteiger partial charge in [0, 0.05) is 5.69 Å². The molecule has 0 radical (unpaired) electrons. The van der Waals surface area contributed by atoms with Crippen LogP contribution in [-0.4, -0.2) is 42.1 Å². The first kappa shape index (κ1) is 23.6. The molecule has 1 heterocycles. The molecule has 0 aromatic heterocycles. The highest BCUT2D eigenvalue weighted by Gasteiger charge is 2.47. The van der Waals surface area contributed by atoms with Crippen LogP contribution in [0, 0.1) is 0 Å². The maximum atomic E-state index is 13.3. The molecule has 8 heteroatoms. The number of hydrogen-bond donors (Lipinski definition) is 2.